The molecule has 3 heteroatoms. The zero-order valence-electron chi connectivity index (χ0n) is 12.3. The summed E-state index contributed by atoms with van der Waals surface area (Å²) in [6, 6.07) is 6.56. The number of carbonyl (C=O) groups excluding carboxylic acids is 1. The maximum atomic E-state index is 12.2. The number of fused-ring (bicyclic) bond motifs is 2. The number of hydrogen-bond donors (Lipinski definition) is 1. The van der Waals surface area contributed by atoms with E-state index in [1.807, 2.05) is 0 Å². The summed E-state index contributed by atoms with van der Waals surface area (Å²) < 4.78 is 5.74. The van der Waals surface area contributed by atoms with Crippen LogP contribution >= 0.6 is 0 Å². The Balaban J connectivity index is 1.49. The van der Waals surface area contributed by atoms with Crippen LogP contribution in [0.4, 0.5) is 0 Å². The van der Waals surface area contributed by atoms with Crippen molar-refractivity contribution in [2.45, 2.75) is 51.7 Å². The lowest BCUT2D eigenvalue weighted by molar-refractivity contribution is -0.126. The lowest BCUT2D eigenvalue weighted by Gasteiger charge is -2.18. The third kappa shape index (κ3) is 2.88. The summed E-state index contributed by atoms with van der Waals surface area (Å²) in [5.74, 6) is 0.273. The first kappa shape index (κ1) is 13.6. The van der Waals surface area contributed by atoms with E-state index in [0.29, 0.717) is 6.10 Å². The normalized spacial score (nSPS) is 27.8. The average Bonchev–Trinajstić information content (AvgIpc) is 2.99. The molecule has 0 aliphatic carbocycles. The topological polar surface area (TPSA) is 38.3 Å². The van der Waals surface area contributed by atoms with E-state index < -0.39 is 0 Å². The Morgan fingerprint density at radius 3 is 2.60 bits per heavy atom. The largest absolute Gasteiger partial charge is 0.374 e. The van der Waals surface area contributed by atoms with Gasteiger partial charge in [0.25, 0.3) is 0 Å². The predicted molar refractivity (Wildman–Crippen MR) is 78.6 cm³/mol. The summed E-state index contributed by atoms with van der Waals surface area (Å²) in [7, 11) is 0. The fraction of sp³-hybridized carbons (Fsp3) is 0.588. The molecule has 3 rings (SSSR count). The van der Waals surface area contributed by atoms with Crippen molar-refractivity contribution in [2.75, 3.05) is 6.54 Å². The average molecular weight is 273 g/mol. The highest BCUT2D eigenvalue weighted by Crippen LogP contribution is 2.38. The Bertz CT molecular complexity index is 491. The van der Waals surface area contributed by atoms with Crippen LogP contribution in [0.3, 0.4) is 0 Å². The minimum Gasteiger partial charge on any atom is -0.374 e. The van der Waals surface area contributed by atoms with Crippen molar-refractivity contribution in [3.05, 3.63) is 34.9 Å². The van der Waals surface area contributed by atoms with E-state index in [1.165, 1.54) is 16.7 Å². The second-order valence-corrected chi connectivity index (χ2v) is 6.25. The first-order valence-electron chi connectivity index (χ1n) is 7.62. The summed E-state index contributed by atoms with van der Waals surface area (Å²) in [5.41, 5.74) is 3.87. The van der Waals surface area contributed by atoms with Gasteiger partial charge in [-0.05, 0) is 45.1 Å². The highest BCUT2D eigenvalue weighted by atomic mass is 16.5. The SMILES string of the molecule is Cc1cc(C)cc(CCNC(=O)[C@H]2C[C@H]3CC[C@H]2O3)c1. The van der Waals surface area contributed by atoms with Crippen molar-refractivity contribution in [3.8, 4) is 0 Å². The minimum atomic E-state index is 0.0907. The molecule has 2 heterocycles. The lowest BCUT2D eigenvalue weighted by atomic mass is 9.88. The molecule has 0 unspecified atom stereocenters. The smallest absolute Gasteiger partial charge is 0.225 e. The van der Waals surface area contributed by atoms with Crippen molar-refractivity contribution in [1.82, 2.24) is 5.32 Å². The van der Waals surface area contributed by atoms with Gasteiger partial charge in [0.1, 0.15) is 0 Å². The number of aryl methyl sites for hydroxylation is 2. The van der Waals surface area contributed by atoms with Crippen LogP contribution in [0.25, 0.3) is 0 Å². The molecule has 3 nitrogen and oxygen atoms in total. The van der Waals surface area contributed by atoms with Crippen LogP contribution in [0.2, 0.25) is 0 Å². The molecule has 0 saturated carbocycles. The molecule has 0 spiro atoms. The molecule has 0 aromatic heterocycles. The van der Waals surface area contributed by atoms with E-state index >= 15 is 0 Å². The Morgan fingerprint density at radius 2 is 2.00 bits per heavy atom. The third-order valence-corrected chi connectivity index (χ3v) is 4.44. The molecule has 1 aromatic carbocycles. The molecular weight excluding hydrogens is 250 g/mol. The Hall–Kier alpha value is -1.35. The maximum Gasteiger partial charge on any atom is 0.225 e. The van der Waals surface area contributed by atoms with Gasteiger partial charge in [0.2, 0.25) is 5.91 Å². The molecule has 1 aromatic rings. The van der Waals surface area contributed by atoms with Gasteiger partial charge >= 0.3 is 0 Å². The molecule has 3 atom stereocenters. The van der Waals surface area contributed by atoms with Crippen LogP contribution in [-0.2, 0) is 16.0 Å². The Labute approximate surface area is 120 Å². The van der Waals surface area contributed by atoms with Crippen LogP contribution in [0, 0.1) is 19.8 Å². The fourth-order valence-corrected chi connectivity index (χ4v) is 3.59. The molecule has 20 heavy (non-hydrogen) atoms. The van der Waals surface area contributed by atoms with Gasteiger partial charge in [-0.25, -0.2) is 0 Å². The monoisotopic (exact) mass is 273 g/mol. The van der Waals surface area contributed by atoms with Gasteiger partial charge in [0.15, 0.2) is 0 Å². The number of nitrogens with one attached hydrogen (secondary N) is 1. The van der Waals surface area contributed by atoms with Crippen LogP contribution in [0.5, 0.6) is 0 Å². The number of carbonyl (C=O) groups is 1. The molecule has 2 saturated heterocycles. The minimum absolute atomic E-state index is 0.0907. The number of ether oxygens (including phenoxy) is 1. The molecule has 2 bridgehead atoms. The van der Waals surface area contributed by atoms with Crippen molar-refractivity contribution in [1.29, 1.82) is 0 Å². The molecule has 2 fully saturated rings. The summed E-state index contributed by atoms with van der Waals surface area (Å²) in [4.78, 5) is 12.2. The summed E-state index contributed by atoms with van der Waals surface area (Å²) in [6.45, 7) is 4.94. The Morgan fingerprint density at radius 1 is 1.25 bits per heavy atom. The van der Waals surface area contributed by atoms with E-state index in [2.05, 4.69) is 37.4 Å². The van der Waals surface area contributed by atoms with Gasteiger partial charge in [-0.1, -0.05) is 29.3 Å². The van der Waals surface area contributed by atoms with Crippen LogP contribution in [0.15, 0.2) is 18.2 Å². The standard InChI is InChI=1S/C17H23NO2/c1-11-7-12(2)9-13(8-11)5-6-18-17(19)15-10-14-3-4-16(15)20-14/h7-9,14-16H,3-6,10H2,1-2H3,(H,18,19)/t14-,15+,16-/m1/s1. The quantitative estimate of drug-likeness (QED) is 0.915. The van der Waals surface area contributed by atoms with Crippen molar-refractivity contribution >= 4 is 5.91 Å². The predicted octanol–water partition coefficient (Wildman–Crippen LogP) is 2.53. The van der Waals surface area contributed by atoms with Crippen molar-refractivity contribution < 1.29 is 9.53 Å². The lowest BCUT2D eigenvalue weighted by Crippen LogP contribution is -2.37. The summed E-state index contributed by atoms with van der Waals surface area (Å²) in [6.07, 6.45) is 4.53. The maximum absolute atomic E-state index is 12.2. The first-order chi connectivity index (χ1) is 9.61. The molecule has 108 valence electrons. The number of rotatable bonds is 4. The van der Waals surface area contributed by atoms with E-state index in [0.717, 1.165) is 32.2 Å². The number of hydrogen-bond acceptors (Lipinski definition) is 2. The van der Waals surface area contributed by atoms with Crippen LogP contribution in [0.1, 0.15) is 36.0 Å². The van der Waals surface area contributed by atoms with E-state index in [4.69, 9.17) is 4.74 Å². The molecular formula is C17H23NO2. The second-order valence-electron chi connectivity index (χ2n) is 6.25. The van der Waals surface area contributed by atoms with E-state index in [9.17, 15) is 4.79 Å². The highest BCUT2D eigenvalue weighted by molar-refractivity contribution is 5.79. The molecule has 0 radical (unpaired) electrons. The van der Waals surface area contributed by atoms with Gasteiger partial charge < -0.3 is 10.1 Å². The molecule has 1 amide bonds. The van der Waals surface area contributed by atoms with Gasteiger partial charge in [0.05, 0.1) is 18.1 Å². The van der Waals surface area contributed by atoms with Crippen molar-refractivity contribution in [3.63, 3.8) is 0 Å². The summed E-state index contributed by atoms with van der Waals surface area (Å²) >= 11 is 0. The Kier molecular flexibility index (Phi) is 3.79. The zero-order valence-corrected chi connectivity index (χ0v) is 12.3. The van der Waals surface area contributed by atoms with Gasteiger partial charge in [-0.15, -0.1) is 0 Å². The molecule has 2 aliphatic heterocycles. The number of benzene rings is 1. The van der Waals surface area contributed by atoms with Crippen LogP contribution in [-0.4, -0.2) is 24.7 Å². The van der Waals surface area contributed by atoms with Gasteiger partial charge in [-0.2, -0.15) is 0 Å². The zero-order chi connectivity index (χ0) is 14.1. The summed E-state index contributed by atoms with van der Waals surface area (Å²) in [5, 5.41) is 3.08. The highest BCUT2D eigenvalue weighted by Gasteiger charge is 2.44. The van der Waals surface area contributed by atoms with Gasteiger partial charge in [-0.3, -0.25) is 4.79 Å². The van der Waals surface area contributed by atoms with E-state index in [-0.39, 0.29) is 17.9 Å². The molecule has 2 aliphatic rings. The van der Waals surface area contributed by atoms with Gasteiger partial charge in [0, 0.05) is 6.54 Å². The van der Waals surface area contributed by atoms with Crippen LogP contribution < -0.4 is 5.32 Å². The second kappa shape index (κ2) is 5.57. The number of amides is 1. The van der Waals surface area contributed by atoms with Crippen molar-refractivity contribution in [2.24, 2.45) is 5.92 Å². The first-order valence-corrected chi connectivity index (χ1v) is 7.62. The third-order valence-electron chi connectivity index (χ3n) is 4.44. The molecule has 1 N–H and O–H groups in total. The van der Waals surface area contributed by atoms with E-state index in [1.54, 1.807) is 0 Å². The fourth-order valence-electron chi connectivity index (χ4n) is 3.59.